The normalized spacial score (nSPS) is 13.5. The molecule has 4 nitrogen and oxygen atoms in total. The zero-order valence-corrected chi connectivity index (χ0v) is 11.5. The molecule has 0 aliphatic heterocycles. The summed E-state index contributed by atoms with van der Waals surface area (Å²) in [7, 11) is -2.93. The molecular weight excluding hydrogens is 255 g/mol. The van der Waals surface area contributed by atoms with Crippen molar-refractivity contribution in [2.45, 2.75) is 25.8 Å². The maximum Gasteiger partial charge on any atom is 0.147 e. The van der Waals surface area contributed by atoms with E-state index in [-0.39, 0.29) is 17.6 Å². The largest absolute Gasteiger partial charge is 0.309 e. The summed E-state index contributed by atoms with van der Waals surface area (Å²) in [5.74, 6) is -0.207. The average molecular weight is 274 g/mol. The average Bonchev–Trinajstić information content (AvgIpc) is 2.27. The highest BCUT2D eigenvalue weighted by Gasteiger charge is 2.13. The first-order chi connectivity index (χ1) is 8.42. The van der Waals surface area contributed by atoms with Gasteiger partial charge in [0.2, 0.25) is 0 Å². The Morgan fingerprint density at radius 2 is 2.17 bits per heavy atom. The van der Waals surface area contributed by atoms with E-state index in [4.69, 9.17) is 0 Å². The fourth-order valence-corrected chi connectivity index (χ4v) is 2.43. The Balaban J connectivity index is 2.62. The second kappa shape index (κ2) is 6.80. The summed E-state index contributed by atoms with van der Waals surface area (Å²) in [5.41, 5.74) is 0.742. The number of rotatable bonds is 7. The van der Waals surface area contributed by atoms with Gasteiger partial charge in [0.1, 0.15) is 15.7 Å². The molecule has 0 saturated carbocycles. The van der Waals surface area contributed by atoms with Crippen LogP contribution in [0.15, 0.2) is 18.3 Å². The lowest BCUT2D eigenvalue weighted by atomic mass is 10.1. The van der Waals surface area contributed by atoms with Gasteiger partial charge in [-0.05, 0) is 31.5 Å². The summed E-state index contributed by atoms with van der Waals surface area (Å²) in [5, 5.41) is 3.22. The van der Waals surface area contributed by atoms with Gasteiger partial charge in [0.15, 0.2) is 0 Å². The van der Waals surface area contributed by atoms with Gasteiger partial charge in [-0.1, -0.05) is 6.92 Å². The van der Waals surface area contributed by atoms with E-state index < -0.39 is 9.84 Å². The summed E-state index contributed by atoms with van der Waals surface area (Å²) < 4.78 is 34.9. The lowest BCUT2D eigenvalue weighted by Gasteiger charge is -2.16. The Morgan fingerprint density at radius 1 is 1.44 bits per heavy atom. The van der Waals surface area contributed by atoms with E-state index in [1.54, 1.807) is 6.07 Å². The predicted octanol–water partition coefficient (Wildman–Crippen LogP) is 1.70. The van der Waals surface area contributed by atoms with Crippen LogP contribution in [0.2, 0.25) is 0 Å². The van der Waals surface area contributed by atoms with Crippen LogP contribution < -0.4 is 5.32 Å². The van der Waals surface area contributed by atoms with Crippen LogP contribution in [0.5, 0.6) is 0 Å². The highest BCUT2D eigenvalue weighted by atomic mass is 32.2. The summed E-state index contributed by atoms with van der Waals surface area (Å²) in [6, 6.07) is 2.96. The van der Waals surface area contributed by atoms with Crippen LogP contribution in [0, 0.1) is 5.82 Å². The minimum absolute atomic E-state index is 0.0302. The Hall–Kier alpha value is -1.01. The zero-order valence-electron chi connectivity index (χ0n) is 10.7. The monoisotopic (exact) mass is 274 g/mol. The fraction of sp³-hybridized carbons (Fsp3) is 0.583. The molecule has 0 aromatic carbocycles. The maximum atomic E-state index is 12.8. The zero-order chi connectivity index (χ0) is 13.6. The predicted molar refractivity (Wildman–Crippen MR) is 69.6 cm³/mol. The van der Waals surface area contributed by atoms with Gasteiger partial charge in [-0.2, -0.15) is 0 Å². The third kappa shape index (κ3) is 5.55. The van der Waals surface area contributed by atoms with Crippen molar-refractivity contribution in [1.29, 1.82) is 0 Å². The molecule has 0 saturated heterocycles. The van der Waals surface area contributed by atoms with Crippen LogP contribution in [0.3, 0.4) is 0 Å². The molecular formula is C12H19FN2O2S. The molecule has 0 radical (unpaired) electrons. The summed E-state index contributed by atoms with van der Waals surface area (Å²) in [6.45, 7) is 2.72. The first-order valence-corrected chi connectivity index (χ1v) is 8.01. The Morgan fingerprint density at radius 3 is 2.67 bits per heavy atom. The number of pyridine rings is 1. The Kier molecular flexibility index (Phi) is 5.68. The number of hydrogen-bond acceptors (Lipinski definition) is 4. The number of nitrogens with one attached hydrogen (secondary N) is 1. The van der Waals surface area contributed by atoms with E-state index in [2.05, 4.69) is 10.3 Å². The molecule has 1 N–H and O–H groups in total. The quantitative estimate of drug-likeness (QED) is 0.822. The highest BCUT2D eigenvalue weighted by Crippen LogP contribution is 2.16. The first-order valence-electron chi connectivity index (χ1n) is 5.95. The lowest BCUT2D eigenvalue weighted by molar-refractivity contribution is 0.493. The molecule has 18 heavy (non-hydrogen) atoms. The van der Waals surface area contributed by atoms with Gasteiger partial charge in [-0.3, -0.25) is 4.98 Å². The highest BCUT2D eigenvalue weighted by molar-refractivity contribution is 7.90. The SMILES string of the molecule is CCNC(CCCS(C)(=O)=O)c1ccc(F)cn1. The van der Waals surface area contributed by atoms with Crippen molar-refractivity contribution < 1.29 is 12.8 Å². The third-order valence-electron chi connectivity index (χ3n) is 2.57. The molecule has 1 aromatic rings. The number of nitrogens with zero attached hydrogens (tertiary/aromatic N) is 1. The minimum Gasteiger partial charge on any atom is -0.309 e. The Bertz CT molecular complexity index is 459. The molecule has 1 aromatic heterocycles. The van der Waals surface area contributed by atoms with Crippen molar-refractivity contribution in [1.82, 2.24) is 10.3 Å². The van der Waals surface area contributed by atoms with E-state index in [9.17, 15) is 12.8 Å². The summed E-state index contributed by atoms with van der Waals surface area (Å²) >= 11 is 0. The standard InChI is InChI=1S/C12H19FN2O2S/c1-3-14-11(5-4-8-18(2,16)17)12-7-6-10(13)9-15-12/h6-7,9,11,14H,3-5,8H2,1-2H3. The van der Waals surface area contributed by atoms with Crippen molar-refractivity contribution in [2.75, 3.05) is 18.6 Å². The molecule has 1 atom stereocenters. The molecule has 1 unspecified atom stereocenters. The van der Waals surface area contributed by atoms with Gasteiger partial charge in [0.25, 0.3) is 0 Å². The van der Waals surface area contributed by atoms with Gasteiger partial charge in [-0.15, -0.1) is 0 Å². The molecule has 0 aliphatic carbocycles. The molecule has 0 amide bonds. The molecule has 0 aliphatic rings. The maximum absolute atomic E-state index is 12.8. The second-order valence-electron chi connectivity index (χ2n) is 4.28. The van der Waals surface area contributed by atoms with Crippen LogP contribution >= 0.6 is 0 Å². The van der Waals surface area contributed by atoms with E-state index >= 15 is 0 Å². The number of sulfone groups is 1. The molecule has 0 bridgehead atoms. The van der Waals surface area contributed by atoms with E-state index in [0.29, 0.717) is 12.8 Å². The topological polar surface area (TPSA) is 59.1 Å². The van der Waals surface area contributed by atoms with Gasteiger partial charge in [0, 0.05) is 18.1 Å². The first kappa shape index (κ1) is 15.0. The van der Waals surface area contributed by atoms with Crippen molar-refractivity contribution in [3.63, 3.8) is 0 Å². The summed E-state index contributed by atoms with van der Waals surface area (Å²) in [6.07, 6.45) is 3.64. The van der Waals surface area contributed by atoms with Crippen molar-refractivity contribution in [2.24, 2.45) is 0 Å². The van der Waals surface area contributed by atoms with Crippen LogP contribution in [-0.2, 0) is 9.84 Å². The molecule has 0 spiro atoms. The van der Waals surface area contributed by atoms with Gasteiger partial charge < -0.3 is 5.32 Å². The van der Waals surface area contributed by atoms with Crippen LogP contribution in [-0.4, -0.2) is 32.0 Å². The third-order valence-corrected chi connectivity index (χ3v) is 3.60. The molecule has 0 fully saturated rings. The van der Waals surface area contributed by atoms with Crippen LogP contribution in [0.4, 0.5) is 4.39 Å². The van der Waals surface area contributed by atoms with E-state index in [1.165, 1.54) is 18.5 Å². The lowest BCUT2D eigenvalue weighted by Crippen LogP contribution is -2.22. The Labute approximate surface area is 108 Å². The van der Waals surface area contributed by atoms with E-state index in [1.807, 2.05) is 6.92 Å². The number of aromatic nitrogens is 1. The fourth-order valence-electron chi connectivity index (χ4n) is 1.74. The second-order valence-corrected chi connectivity index (χ2v) is 6.54. The molecule has 1 rings (SSSR count). The molecule has 1 heterocycles. The summed E-state index contributed by atoms with van der Waals surface area (Å²) in [4.78, 5) is 4.03. The molecule has 102 valence electrons. The minimum atomic E-state index is -2.93. The number of hydrogen-bond donors (Lipinski definition) is 1. The smallest absolute Gasteiger partial charge is 0.147 e. The van der Waals surface area contributed by atoms with Crippen molar-refractivity contribution in [3.8, 4) is 0 Å². The van der Waals surface area contributed by atoms with Crippen molar-refractivity contribution in [3.05, 3.63) is 29.8 Å². The van der Waals surface area contributed by atoms with Crippen LogP contribution in [0.25, 0.3) is 0 Å². The van der Waals surface area contributed by atoms with Crippen LogP contribution in [0.1, 0.15) is 31.5 Å². The molecule has 6 heteroatoms. The van der Waals surface area contributed by atoms with Gasteiger partial charge in [0.05, 0.1) is 11.9 Å². The van der Waals surface area contributed by atoms with Gasteiger partial charge in [-0.25, -0.2) is 12.8 Å². The van der Waals surface area contributed by atoms with E-state index in [0.717, 1.165) is 12.2 Å². The van der Waals surface area contributed by atoms with Gasteiger partial charge >= 0.3 is 0 Å². The van der Waals surface area contributed by atoms with Crippen molar-refractivity contribution >= 4 is 9.84 Å². The number of halogens is 1.